The zero-order chi connectivity index (χ0) is 13.8. The third kappa shape index (κ3) is 3.19. The molecular formula is C13H11FN2O3. The van der Waals surface area contributed by atoms with Crippen LogP contribution in [0.1, 0.15) is 5.56 Å². The molecule has 0 heterocycles. The Kier molecular flexibility index (Phi) is 3.61. The summed E-state index contributed by atoms with van der Waals surface area (Å²) in [5.74, 6) is -0.0999. The molecule has 0 amide bonds. The summed E-state index contributed by atoms with van der Waals surface area (Å²) in [6.07, 6.45) is 0. The maximum Gasteiger partial charge on any atom is 0.273 e. The summed E-state index contributed by atoms with van der Waals surface area (Å²) in [6.45, 7) is 0.158. The highest BCUT2D eigenvalue weighted by Gasteiger charge is 2.10. The molecule has 0 aliphatic heterocycles. The maximum atomic E-state index is 12.7. The summed E-state index contributed by atoms with van der Waals surface area (Å²) in [7, 11) is 0. The van der Waals surface area contributed by atoms with Crippen LogP contribution >= 0.6 is 0 Å². The molecule has 0 atom stereocenters. The van der Waals surface area contributed by atoms with E-state index in [1.54, 1.807) is 12.1 Å². The van der Waals surface area contributed by atoms with Gasteiger partial charge in [0.2, 0.25) is 0 Å². The van der Waals surface area contributed by atoms with E-state index in [1.165, 1.54) is 30.3 Å². The van der Waals surface area contributed by atoms with Crippen molar-refractivity contribution in [3.8, 4) is 5.75 Å². The molecule has 0 aliphatic carbocycles. The number of nitrogens with zero attached hydrogens (tertiary/aromatic N) is 1. The molecule has 0 radical (unpaired) electrons. The second-order valence-corrected chi connectivity index (χ2v) is 3.89. The van der Waals surface area contributed by atoms with Crippen molar-refractivity contribution in [2.45, 2.75) is 6.61 Å². The van der Waals surface area contributed by atoms with Gasteiger partial charge in [-0.15, -0.1) is 0 Å². The maximum absolute atomic E-state index is 12.7. The lowest BCUT2D eigenvalue weighted by molar-refractivity contribution is -0.384. The zero-order valence-electron chi connectivity index (χ0n) is 9.88. The molecule has 0 fully saturated rings. The number of non-ortho nitro benzene ring substituents is 1. The lowest BCUT2D eigenvalue weighted by Gasteiger charge is -2.08. The number of nitrogen functional groups attached to an aromatic ring is 1. The van der Waals surface area contributed by atoms with Crippen LogP contribution in [0.2, 0.25) is 0 Å². The van der Waals surface area contributed by atoms with Crippen molar-refractivity contribution in [2.24, 2.45) is 0 Å². The topological polar surface area (TPSA) is 78.4 Å². The van der Waals surface area contributed by atoms with Gasteiger partial charge < -0.3 is 10.5 Å². The molecule has 0 spiro atoms. The Morgan fingerprint density at radius 1 is 1.21 bits per heavy atom. The van der Waals surface area contributed by atoms with E-state index in [9.17, 15) is 14.5 Å². The molecular weight excluding hydrogens is 251 g/mol. The van der Waals surface area contributed by atoms with Crippen molar-refractivity contribution in [2.75, 3.05) is 5.73 Å². The number of rotatable bonds is 4. The molecule has 2 N–H and O–H groups in total. The van der Waals surface area contributed by atoms with Crippen LogP contribution in [0.5, 0.6) is 5.75 Å². The molecule has 0 aliphatic rings. The minimum Gasteiger partial charge on any atom is -0.486 e. The second kappa shape index (κ2) is 5.34. The Balaban J connectivity index is 2.12. The number of nitro benzene ring substituents is 1. The number of nitrogens with two attached hydrogens (primary N) is 1. The van der Waals surface area contributed by atoms with E-state index in [0.717, 1.165) is 5.56 Å². The molecule has 5 nitrogen and oxygen atoms in total. The number of benzene rings is 2. The first kappa shape index (κ1) is 12.8. The third-order valence-corrected chi connectivity index (χ3v) is 2.52. The molecule has 2 aromatic carbocycles. The van der Waals surface area contributed by atoms with Gasteiger partial charge in [0.15, 0.2) is 0 Å². The number of halogens is 1. The number of nitro groups is 1. The van der Waals surface area contributed by atoms with Gasteiger partial charge in [-0.05, 0) is 23.8 Å². The first-order chi connectivity index (χ1) is 9.06. The monoisotopic (exact) mass is 262 g/mol. The molecule has 0 unspecified atom stereocenters. The van der Waals surface area contributed by atoms with Crippen LogP contribution in [-0.4, -0.2) is 4.92 Å². The van der Waals surface area contributed by atoms with Crippen LogP contribution in [0.15, 0.2) is 42.5 Å². The van der Waals surface area contributed by atoms with Crippen molar-refractivity contribution in [1.29, 1.82) is 0 Å². The molecule has 0 aromatic heterocycles. The number of anilines is 1. The van der Waals surface area contributed by atoms with Crippen LogP contribution in [0, 0.1) is 15.9 Å². The van der Waals surface area contributed by atoms with Crippen LogP contribution in [0.25, 0.3) is 0 Å². The standard InChI is InChI=1S/C13H11FN2O3/c14-10-3-1-9(2-4-10)8-19-13-7-11(16(17)18)5-6-12(13)15/h1-7H,8,15H2. The van der Waals surface area contributed by atoms with Gasteiger partial charge in [-0.1, -0.05) is 12.1 Å². The predicted molar refractivity (Wildman–Crippen MR) is 68.2 cm³/mol. The molecule has 2 rings (SSSR count). The molecule has 2 aromatic rings. The summed E-state index contributed by atoms with van der Waals surface area (Å²) in [5.41, 5.74) is 6.63. The highest BCUT2D eigenvalue weighted by atomic mass is 19.1. The van der Waals surface area contributed by atoms with E-state index in [0.29, 0.717) is 5.69 Å². The first-order valence-electron chi connectivity index (χ1n) is 5.47. The Bertz CT molecular complexity index is 599. The predicted octanol–water partition coefficient (Wildman–Crippen LogP) is 2.90. The lowest BCUT2D eigenvalue weighted by atomic mass is 10.2. The number of hydrogen-bond acceptors (Lipinski definition) is 4. The summed E-state index contributed by atoms with van der Waals surface area (Å²) < 4.78 is 18.1. The summed E-state index contributed by atoms with van der Waals surface area (Å²) >= 11 is 0. The first-order valence-corrected chi connectivity index (χ1v) is 5.47. The SMILES string of the molecule is Nc1ccc([N+](=O)[O-])cc1OCc1ccc(F)cc1. The fraction of sp³-hybridized carbons (Fsp3) is 0.0769. The Labute approximate surface area is 108 Å². The average Bonchev–Trinajstić information content (AvgIpc) is 2.39. The van der Waals surface area contributed by atoms with Gasteiger partial charge in [-0.3, -0.25) is 10.1 Å². The van der Waals surface area contributed by atoms with Crippen molar-refractivity contribution in [3.63, 3.8) is 0 Å². The van der Waals surface area contributed by atoms with E-state index in [2.05, 4.69) is 0 Å². The van der Waals surface area contributed by atoms with E-state index in [-0.39, 0.29) is 23.9 Å². The van der Waals surface area contributed by atoms with Gasteiger partial charge in [0.1, 0.15) is 18.2 Å². The largest absolute Gasteiger partial charge is 0.486 e. The highest BCUT2D eigenvalue weighted by molar-refractivity contribution is 5.57. The van der Waals surface area contributed by atoms with E-state index >= 15 is 0 Å². The summed E-state index contributed by atoms with van der Waals surface area (Å²) in [6, 6.07) is 9.76. The van der Waals surface area contributed by atoms with Gasteiger partial charge in [-0.2, -0.15) is 0 Å². The highest BCUT2D eigenvalue weighted by Crippen LogP contribution is 2.27. The van der Waals surface area contributed by atoms with E-state index in [1.807, 2.05) is 0 Å². The van der Waals surface area contributed by atoms with Crippen molar-refractivity contribution >= 4 is 11.4 Å². The Morgan fingerprint density at radius 2 is 1.89 bits per heavy atom. The molecule has 98 valence electrons. The van der Waals surface area contributed by atoms with Crippen LogP contribution in [0.3, 0.4) is 0 Å². The van der Waals surface area contributed by atoms with Gasteiger partial charge in [0, 0.05) is 6.07 Å². The molecule has 19 heavy (non-hydrogen) atoms. The molecule has 6 heteroatoms. The number of hydrogen-bond donors (Lipinski definition) is 1. The normalized spacial score (nSPS) is 10.2. The number of ether oxygens (including phenoxy) is 1. The van der Waals surface area contributed by atoms with Crippen LogP contribution in [0.4, 0.5) is 15.8 Å². The van der Waals surface area contributed by atoms with Crippen molar-refractivity contribution in [1.82, 2.24) is 0 Å². The van der Waals surface area contributed by atoms with Gasteiger partial charge in [-0.25, -0.2) is 4.39 Å². The van der Waals surface area contributed by atoms with Crippen LogP contribution < -0.4 is 10.5 Å². The van der Waals surface area contributed by atoms with Crippen molar-refractivity contribution in [3.05, 3.63) is 64.0 Å². The zero-order valence-corrected chi connectivity index (χ0v) is 9.88. The van der Waals surface area contributed by atoms with E-state index in [4.69, 9.17) is 10.5 Å². The average molecular weight is 262 g/mol. The quantitative estimate of drug-likeness (QED) is 0.522. The Morgan fingerprint density at radius 3 is 2.53 bits per heavy atom. The minimum absolute atomic E-state index is 0.0942. The van der Waals surface area contributed by atoms with Crippen molar-refractivity contribution < 1.29 is 14.1 Å². The fourth-order valence-electron chi connectivity index (χ4n) is 1.50. The van der Waals surface area contributed by atoms with E-state index < -0.39 is 4.92 Å². The van der Waals surface area contributed by atoms with Gasteiger partial charge in [0.25, 0.3) is 5.69 Å². The minimum atomic E-state index is -0.524. The third-order valence-electron chi connectivity index (χ3n) is 2.52. The van der Waals surface area contributed by atoms with Gasteiger partial charge >= 0.3 is 0 Å². The molecule has 0 bridgehead atoms. The Hall–Kier alpha value is -2.63. The lowest BCUT2D eigenvalue weighted by Crippen LogP contribution is -2.00. The molecule has 0 saturated carbocycles. The summed E-state index contributed by atoms with van der Waals surface area (Å²) in [4.78, 5) is 10.1. The smallest absolute Gasteiger partial charge is 0.273 e. The molecule has 0 saturated heterocycles. The second-order valence-electron chi connectivity index (χ2n) is 3.89. The van der Waals surface area contributed by atoms with Crippen LogP contribution in [-0.2, 0) is 6.61 Å². The van der Waals surface area contributed by atoms with Gasteiger partial charge in [0.05, 0.1) is 16.7 Å². The fourth-order valence-corrected chi connectivity index (χ4v) is 1.50. The summed E-state index contributed by atoms with van der Waals surface area (Å²) in [5, 5.41) is 10.6.